The van der Waals surface area contributed by atoms with Crippen LogP contribution < -0.4 is 11.3 Å². The van der Waals surface area contributed by atoms with Crippen LogP contribution >= 0.6 is 7.82 Å². The highest BCUT2D eigenvalue weighted by Crippen LogP contribution is 2.48. The molecule has 23 heavy (non-hydrogen) atoms. The summed E-state index contributed by atoms with van der Waals surface area (Å²) in [5, 5.41) is 9.69. The molecule has 2 aromatic heterocycles. The summed E-state index contributed by atoms with van der Waals surface area (Å²) in [4.78, 5) is 46.8. The number of nitrogens with two attached hydrogens (primary N) is 1. The lowest BCUT2D eigenvalue weighted by Crippen LogP contribution is -2.42. The summed E-state index contributed by atoms with van der Waals surface area (Å²) in [7, 11) is -4.44. The number of Topliss-reactive ketones (excluding diaryl/α,β-unsaturated/α-hetero) is 1. The standard InChI is InChI=1S/C10H10N5O7P/c11-10-14-8-5(9(18)15-10)13-3(1-12-8)6(17)7-4(16)2-21-23(19,20)22-7/h1,4,7,16H,2H2,(H,19,20)(H3,11,12,14,15,18)/t4-,7+/m1/s1. The van der Waals surface area contributed by atoms with Crippen LogP contribution in [-0.4, -0.2) is 54.5 Å². The largest absolute Gasteiger partial charge is 0.473 e. The highest BCUT2D eigenvalue weighted by Gasteiger charge is 2.42. The van der Waals surface area contributed by atoms with E-state index in [1.807, 2.05) is 0 Å². The van der Waals surface area contributed by atoms with E-state index in [0.29, 0.717) is 0 Å². The number of aromatic amines is 1. The Hall–Kier alpha value is -2.24. The summed E-state index contributed by atoms with van der Waals surface area (Å²) >= 11 is 0. The molecule has 0 aromatic carbocycles. The molecule has 1 fully saturated rings. The van der Waals surface area contributed by atoms with Gasteiger partial charge in [0.25, 0.3) is 5.56 Å². The number of ketones is 1. The first-order chi connectivity index (χ1) is 10.8. The predicted octanol–water partition coefficient (Wildman–Crippen LogP) is -1.65. The van der Waals surface area contributed by atoms with Gasteiger partial charge in [0.05, 0.1) is 12.8 Å². The fourth-order valence-electron chi connectivity index (χ4n) is 1.92. The van der Waals surface area contributed by atoms with Gasteiger partial charge in [0.1, 0.15) is 11.8 Å². The van der Waals surface area contributed by atoms with Crippen LogP contribution in [0.2, 0.25) is 0 Å². The van der Waals surface area contributed by atoms with Gasteiger partial charge in [0.2, 0.25) is 11.7 Å². The van der Waals surface area contributed by atoms with E-state index in [1.165, 1.54) is 0 Å². The number of nitrogens with zero attached hydrogens (tertiary/aromatic N) is 3. The summed E-state index contributed by atoms with van der Waals surface area (Å²) in [5.74, 6) is -1.10. The minimum Gasteiger partial charge on any atom is -0.387 e. The van der Waals surface area contributed by atoms with E-state index in [2.05, 4.69) is 29.0 Å². The third-order valence-electron chi connectivity index (χ3n) is 2.95. The molecule has 13 heteroatoms. The topological polar surface area (TPSA) is 191 Å². The normalized spacial score (nSPS) is 27.9. The Morgan fingerprint density at radius 2 is 2.22 bits per heavy atom. The maximum absolute atomic E-state index is 12.3. The maximum atomic E-state index is 12.3. The van der Waals surface area contributed by atoms with Crippen molar-refractivity contribution in [3.8, 4) is 0 Å². The minimum absolute atomic E-state index is 0.0796. The Balaban J connectivity index is 2.01. The van der Waals surface area contributed by atoms with Crippen molar-refractivity contribution in [2.75, 3.05) is 12.3 Å². The second kappa shape index (κ2) is 5.44. The summed E-state index contributed by atoms with van der Waals surface area (Å²) in [6.45, 7) is -0.566. The van der Waals surface area contributed by atoms with Gasteiger partial charge in [-0.05, 0) is 0 Å². The molecule has 122 valence electrons. The maximum Gasteiger partial charge on any atom is 0.473 e. The van der Waals surface area contributed by atoms with Crippen molar-refractivity contribution in [1.82, 2.24) is 19.9 Å². The zero-order valence-electron chi connectivity index (χ0n) is 11.2. The number of phosphoric ester groups is 1. The monoisotopic (exact) mass is 343 g/mol. The molecule has 5 N–H and O–H groups in total. The van der Waals surface area contributed by atoms with E-state index in [4.69, 9.17) is 5.73 Å². The number of carbonyl (C=O) groups is 1. The van der Waals surface area contributed by atoms with Crippen molar-refractivity contribution in [2.24, 2.45) is 0 Å². The molecular weight excluding hydrogens is 333 g/mol. The van der Waals surface area contributed by atoms with Gasteiger partial charge >= 0.3 is 7.82 Å². The molecule has 0 saturated carbocycles. The van der Waals surface area contributed by atoms with Crippen LogP contribution in [0, 0.1) is 0 Å². The average Bonchev–Trinajstić information content (AvgIpc) is 2.48. The van der Waals surface area contributed by atoms with Crippen molar-refractivity contribution < 1.29 is 28.4 Å². The van der Waals surface area contributed by atoms with Gasteiger partial charge in [-0.15, -0.1) is 0 Å². The number of H-pyrrole nitrogens is 1. The van der Waals surface area contributed by atoms with Crippen molar-refractivity contribution in [1.29, 1.82) is 0 Å². The zero-order chi connectivity index (χ0) is 16.8. The van der Waals surface area contributed by atoms with Crippen molar-refractivity contribution in [2.45, 2.75) is 12.2 Å². The Labute approximate surface area is 126 Å². The van der Waals surface area contributed by atoms with E-state index < -0.39 is 38.0 Å². The molecule has 3 atom stereocenters. The predicted molar refractivity (Wildman–Crippen MR) is 73.4 cm³/mol. The zero-order valence-corrected chi connectivity index (χ0v) is 12.1. The van der Waals surface area contributed by atoms with Crippen LogP contribution in [0.1, 0.15) is 10.5 Å². The van der Waals surface area contributed by atoms with Crippen LogP contribution in [0.15, 0.2) is 11.0 Å². The van der Waals surface area contributed by atoms with E-state index in [1.54, 1.807) is 0 Å². The first-order valence-corrected chi connectivity index (χ1v) is 7.67. The average molecular weight is 343 g/mol. The first-order valence-electron chi connectivity index (χ1n) is 6.17. The molecule has 3 heterocycles. The fraction of sp³-hybridized carbons (Fsp3) is 0.300. The summed E-state index contributed by atoms with van der Waals surface area (Å²) in [6.07, 6.45) is -2.16. The van der Waals surface area contributed by atoms with Crippen LogP contribution in [0.4, 0.5) is 5.95 Å². The number of hydrogen-bond acceptors (Lipinski definition) is 10. The Bertz CT molecular complexity index is 899. The molecule has 0 spiro atoms. The molecule has 0 aliphatic carbocycles. The van der Waals surface area contributed by atoms with Gasteiger partial charge in [0, 0.05) is 0 Å². The number of phosphoric acid groups is 1. The Kier molecular flexibility index (Phi) is 3.70. The minimum atomic E-state index is -4.44. The number of carbonyl (C=O) groups excluding carboxylic acids is 1. The molecular formula is C10H10N5O7P. The summed E-state index contributed by atoms with van der Waals surface area (Å²) < 4.78 is 20.3. The SMILES string of the molecule is Nc1nc2ncc(C(=O)[C@H]3OP(=O)(O)OC[C@H]3O)nc2c(=O)[nH]1. The molecule has 0 amide bonds. The highest BCUT2D eigenvalue weighted by molar-refractivity contribution is 7.47. The lowest BCUT2D eigenvalue weighted by atomic mass is 10.1. The Morgan fingerprint density at radius 3 is 2.96 bits per heavy atom. The molecule has 3 rings (SSSR count). The molecule has 0 radical (unpaired) electrons. The third kappa shape index (κ3) is 2.98. The number of fused-ring (bicyclic) bond motifs is 1. The van der Waals surface area contributed by atoms with Crippen molar-refractivity contribution in [3.05, 3.63) is 22.2 Å². The quantitative estimate of drug-likeness (QED) is 0.361. The van der Waals surface area contributed by atoms with Crippen molar-refractivity contribution in [3.63, 3.8) is 0 Å². The smallest absolute Gasteiger partial charge is 0.387 e. The summed E-state index contributed by atoms with van der Waals surface area (Å²) in [5.41, 5.74) is 3.97. The molecule has 1 aliphatic heterocycles. The van der Waals surface area contributed by atoms with E-state index in [-0.39, 0.29) is 22.8 Å². The van der Waals surface area contributed by atoms with E-state index in [9.17, 15) is 24.2 Å². The lowest BCUT2D eigenvalue weighted by molar-refractivity contribution is -0.0427. The van der Waals surface area contributed by atoms with Crippen LogP contribution in [0.5, 0.6) is 0 Å². The van der Waals surface area contributed by atoms with Gasteiger partial charge in [-0.1, -0.05) is 0 Å². The van der Waals surface area contributed by atoms with Gasteiger partial charge in [-0.25, -0.2) is 14.5 Å². The van der Waals surface area contributed by atoms with Crippen LogP contribution in [0.3, 0.4) is 0 Å². The number of aliphatic hydroxyl groups excluding tert-OH is 1. The number of aliphatic hydroxyl groups is 1. The Morgan fingerprint density at radius 1 is 1.48 bits per heavy atom. The summed E-state index contributed by atoms with van der Waals surface area (Å²) in [6, 6.07) is 0. The highest BCUT2D eigenvalue weighted by atomic mass is 31.2. The second-order valence-electron chi connectivity index (χ2n) is 4.60. The van der Waals surface area contributed by atoms with Crippen LogP contribution in [0.25, 0.3) is 11.2 Å². The molecule has 2 aromatic rings. The third-order valence-corrected chi connectivity index (χ3v) is 3.92. The first kappa shape index (κ1) is 15.6. The number of aromatic nitrogens is 4. The molecule has 1 aliphatic rings. The molecule has 1 unspecified atom stereocenters. The number of hydrogen-bond donors (Lipinski definition) is 4. The fourth-order valence-corrected chi connectivity index (χ4v) is 2.85. The number of nitrogen functional groups attached to an aromatic ring is 1. The van der Waals surface area contributed by atoms with E-state index >= 15 is 0 Å². The van der Waals surface area contributed by atoms with Crippen molar-refractivity contribution >= 4 is 30.7 Å². The molecule has 1 saturated heterocycles. The van der Waals surface area contributed by atoms with Gasteiger partial charge in [-0.3, -0.25) is 23.6 Å². The molecule has 12 nitrogen and oxygen atoms in total. The number of anilines is 1. The molecule has 0 bridgehead atoms. The number of rotatable bonds is 2. The van der Waals surface area contributed by atoms with Gasteiger partial charge < -0.3 is 15.7 Å². The van der Waals surface area contributed by atoms with Gasteiger partial charge in [0.15, 0.2) is 17.3 Å². The van der Waals surface area contributed by atoms with Crippen LogP contribution in [-0.2, 0) is 13.6 Å². The number of nitrogens with one attached hydrogen (secondary N) is 1. The lowest BCUT2D eigenvalue weighted by Gasteiger charge is -2.28. The second-order valence-corrected chi connectivity index (χ2v) is 6.01. The van der Waals surface area contributed by atoms with E-state index in [0.717, 1.165) is 6.20 Å². The van der Waals surface area contributed by atoms with Gasteiger partial charge in [-0.2, -0.15) is 4.98 Å².